The summed E-state index contributed by atoms with van der Waals surface area (Å²) >= 11 is 5.96. The molecule has 0 aliphatic carbocycles. The third-order valence-electron chi connectivity index (χ3n) is 3.47. The van der Waals surface area contributed by atoms with Crippen LogP contribution < -0.4 is 4.72 Å². The van der Waals surface area contributed by atoms with Gasteiger partial charge in [-0.3, -0.25) is 0 Å². The van der Waals surface area contributed by atoms with Gasteiger partial charge in [-0.2, -0.15) is 0 Å². The van der Waals surface area contributed by atoms with Crippen molar-refractivity contribution >= 4 is 21.6 Å². The Labute approximate surface area is 140 Å². The predicted octanol–water partition coefficient (Wildman–Crippen LogP) is 3.45. The number of hydrogen-bond acceptors (Lipinski definition) is 3. The molecule has 2 aromatic carbocycles. The van der Waals surface area contributed by atoms with Crippen LogP contribution in [0.2, 0.25) is 5.02 Å². The van der Waals surface area contributed by atoms with Crippen molar-refractivity contribution in [1.29, 1.82) is 0 Å². The van der Waals surface area contributed by atoms with E-state index >= 15 is 0 Å². The standard InChI is InChI=1S/C16H17ClFNO3S/c1-11-14(17)7-4-8-16(11)23(20,21)19-10-15(22-2)12-5-3-6-13(18)9-12/h3-9,15,19H,10H2,1-2H3. The van der Waals surface area contributed by atoms with Crippen LogP contribution in [0.25, 0.3) is 0 Å². The van der Waals surface area contributed by atoms with Crippen LogP contribution in [0.15, 0.2) is 47.4 Å². The Balaban J connectivity index is 2.19. The summed E-state index contributed by atoms with van der Waals surface area (Å²) in [5.41, 5.74) is 1.03. The molecule has 0 aromatic heterocycles. The van der Waals surface area contributed by atoms with Gasteiger partial charge < -0.3 is 4.74 Å². The molecule has 23 heavy (non-hydrogen) atoms. The minimum atomic E-state index is -3.74. The lowest BCUT2D eigenvalue weighted by Crippen LogP contribution is -2.29. The molecule has 1 unspecified atom stereocenters. The summed E-state index contributed by atoms with van der Waals surface area (Å²) in [5.74, 6) is -0.405. The number of benzene rings is 2. The summed E-state index contributed by atoms with van der Waals surface area (Å²) in [4.78, 5) is 0.110. The summed E-state index contributed by atoms with van der Waals surface area (Å²) in [6.45, 7) is 1.62. The van der Waals surface area contributed by atoms with Crippen molar-refractivity contribution in [3.8, 4) is 0 Å². The molecule has 0 aliphatic rings. The molecule has 7 heteroatoms. The maximum absolute atomic E-state index is 13.3. The van der Waals surface area contributed by atoms with Crippen molar-refractivity contribution in [3.63, 3.8) is 0 Å². The normalized spacial score (nSPS) is 13.0. The van der Waals surface area contributed by atoms with Gasteiger partial charge >= 0.3 is 0 Å². The van der Waals surface area contributed by atoms with Gasteiger partial charge in [0.1, 0.15) is 5.82 Å². The second kappa shape index (κ2) is 7.40. The van der Waals surface area contributed by atoms with E-state index in [1.807, 2.05) is 0 Å². The largest absolute Gasteiger partial charge is 0.375 e. The summed E-state index contributed by atoms with van der Waals surface area (Å²) in [6.07, 6.45) is -0.597. The third-order valence-corrected chi connectivity index (χ3v) is 5.45. The predicted molar refractivity (Wildman–Crippen MR) is 87.5 cm³/mol. The maximum Gasteiger partial charge on any atom is 0.240 e. The highest BCUT2D eigenvalue weighted by atomic mass is 35.5. The van der Waals surface area contributed by atoms with Crippen LogP contribution in [0, 0.1) is 12.7 Å². The minimum Gasteiger partial charge on any atom is -0.375 e. The molecular weight excluding hydrogens is 341 g/mol. The number of halogens is 2. The molecule has 1 atom stereocenters. The fraction of sp³-hybridized carbons (Fsp3) is 0.250. The molecule has 0 amide bonds. The summed E-state index contributed by atoms with van der Waals surface area (Å²) < 4.78 is 45.9. The molecule has 2 rings (SSSR count). The first kappa shape index (κ1) is 17.9. The number of methoxy groups -OCH3 is 1. The lowest BCUT2D eigenvalue weighted by atomic mass is 10.1. The first-order chi connectivity index (χ1) is 10.8. The van der Waals surface area contributed by atoms with E-state index in [-0.39, 0.29) is 11.4 Å². The van der Waals surface area contributed by atoms with Gasteiger partial charge in [-0.1, -0.05) is 29.8 Å². The molecule has 0 aliphatic heterocycles. The maximum atomic E-state index is 13.3. The van der Waals surface area contributed by atoms with E-state index in [0.717, 1.165) is 0 Å². The van der Waals surface area contributed by atoms with Gasteiger partial charge in [0.05, 0.1) is 11.0 Å². The first-order valence-electron chi connectivity index (χ1n) is 6.88. The van der Waals surface area contributed by atoms with Crippen molar-refractivity contribution in [1.82, 2.24) is 4.72 Å². The van der Waals surface area contributed by atoms with Crippen molar-refractivity contribution in [2.45, 2.75) is 17.9 Å². The number of sulfonamides is 1. The summed E-state index contributed by atoms with van der Waals surface area (Å²) in [6, 6.07) is 10.5. The Morgan fingerprint density at radius 3 is 2.61 bits per heavy atom. The molecule has 0 spiro atoms. The van der Waals surface area contributed by atoms with Gasteiger partial charge in [0.2, 0.25) is 10.0 Å². The third kappa shape index (κ3) is 4.29. The van der Waals surface area contributed by atoms with Gasteiger partial charge in [-0.15, -0.1) is 0 Å². The Morgan fingerprint density at radius 1 is 1.26 bits per heavy atom. The summed E-state index contributed by atoms with van der Waals surface area (Å²) in [7, 11) is -2.31. The van der Waals surface area contributed by atoms with Crippen LogP contribution in [-0.2, 0) is 14.8 Å². The molecule has 2 aromatic rings. The van der Waals surface area contributed by atoms with Crippen LogP contribution in [-0.4, -0.2) is 22.1 Å². The molecule has 124 valence electrons. The first-order valence-corrected chi connectivity index (χ1v) is 8.74. The fourth-order valence-electron chi connectivity index (χ4n) is 2.19. The van der Waals surface area contributed by atoms with Crippen LogP contribution in [0.3, 0.4) is 0 Å². The zero-order valence-corrected chi connectivity index (χ0v) is 14.3. The van der Waals surface area contributed by atoms with Gasteiger partial charge in [0, 0.05) is 18.7 Å². The molecule has 0 saturated heterocycles. The van der Waals surface area contributed by atoms with Crippen LogP contribution >= 0.6 is 11.6 Å². The molecule has 1 N–H and O–H groups in total. The van der Waals surface area contributed by atoms with E-state index in [9.17, 15) is 12.8 Å². The quantitative estimate of drug-likeness (QED) is 0.861. The molecule has 0 saturated carbocycles. The number of rotatable bonds is 6. The van der Waals surface area contributed by atoms with Crippen LogP contribution in [0.1, 0.15) is 17.2 Å². The van der Waals surface area contributed by atoms with E-state index in [2.05, 4.69) is 4.72 Å². The van der Waals surface area contributed by atoms with Crippen molar-refractivity contribution < 1.29 is 17.5 Å². The average Bonchev–Trinajstić information content (AvgIpc) is 2.50. The second-order valence-corrected chi connectivity index (χ2v) is 7.14. The monoisotopic (exact) mass is 357 g/mol. The van der Waals surface area contributed by atoms with Gasteiger partial charge in [0.15, 0.2) is 0 Å². The van der Waals surface area contributed by atoms with E-state index in [0.29, 0.717) is 16.1 Å². The van der Waals surface area contributed by atoms with E-state index in [4.69, 9.17) is 16.3 Å². The highest BCUT2D eigenvalue weighted by Crippen LogP contribution is 2.23. The topological polar surface area (TPSA) is 55.4 Å². The molecule has 0 radical (unpaired) electrons. The van der Waals surface area contributed by atoms with Crippen LogP contribution in [0.5, 0.6) is 0 Å². The van der Waals surface area contributed by atoms with Gasteiger partial charge in [0.25, 0.3) is 0 Å². The Kier molecular flexibility index (Phi) is 5.75. The molecule has 4 nitrogen and oxygen atoms in total. The van der Waals surface area contributed by atoms with Crippen molar-refractivity contribution in [2.24, 2.45) is 0 Å². The van der Waals surface area contributed by atoms with E-state index in [1.54, 1.807) is 31.2 Å². The molecular formula is C16H17ClFNO3S. The van der Waals surface area contributed by atoms with Crippen molar-refractivity contribution in [3.05, 3.63) is 64.4 Å². The smallest absolute Gasteiger partial charge is 0.240 e. The highest BCUT2D eigenvalue weighted by Gasteiger charge is 2.20. The average molecular weight is 358 g/mol. The molecule has 0 heterocycles. The second-order valence-electron chi connectivity index (χ2n) is 4.99. The Hall–Kier alpha value is -1.47. The molecule has 0 bridgehead atoms. The lowest BCUT2D eigenvalue weighted by Gasteiger charge is -2.17. The zero-order valence-electron chi connectivity index (χ0n) is 12.7. The number of ether oxygens (including phenoxy) is 1. The van der Waals surface area contributed by atoms with Gasteiger partial charge in [-0.25, -0.2) is 17.5 Å². The van der Waals surface area contributed by atoms with Gasteiger partial charge in [-0.05, 0) is 42.3 Å². The van der Waals surface area contributed by atoms with Crippen LogP contribution in [0.4, 0.5) is 4.39 Å². The number of hydrogen-bond donors (Lipinski definition) is 1. The number of nitrogens with one attached hydrogen (secondary N) is 1. The highest BCUT2D eigenvalue weighted by molar-refractivity contribution is 7.89. The lowest BCUT2D eigenvalue weighted by molar-refractivity contribution is 0.107. The summed E-state index contributed by atoms with van der Waals surface area (Å²) in [5, 5.41) is 0.376. The minimum absolute atomic E-state index is 0.0196. The van der Waals surface area contributed by atoms with E-state index < -0.39 is 21.9 Å². The Morgan fingerprint density at radius 2 is 1.96 bits per heavy atom. The zero-order chi connectivity index (χ0) is 17.0. The van der Waals surface area contributed by atoms with Crippen molar-refractivity contribution in [2.75, 3.05) is 13.7 Å². The molecule has 0 fully saturated rings. The Bertz CT molecular complexity index is 796. The SMILES string of the molecule is COC(CNS(=O)(=O)c1cccc(Cl)c1C)c1cccc(F)c1. The van der Waals surface area contributed by atoms with E-state index in [1.165, 1.54) is 25.3 Å². The fourth-order valence-corrected chi connectivity index (χ4v) is 3.71.